The number of H-pyrrole nitrogens is 1. The molecule has 8 nitrogen and oxygen atoms in total. The van der Waals surface area contributed by atoms with Crippen LogP contribution in [0.4, 0.5) is 5.00 Å². The average Bonchev–Trinajstić information content (AvgIpc) is 3.30. The van der Waals surface area contributed by atoms with Crippen LogP contribution in [0.1, 0.15) is 51.6 Å². The lowest BCUT2D eigenvalue weighted by Gasteiger charge is -2.40. The molecule has 0 fully saturated rings. The summed E-state index contributed by atoms with van der Waals surface area (Å²) in [5.74, 6) is 0.0749. The number of carbonyl (C=O) groups is 1. The first-order chi connectivity index (χ1) is 15.2. The maximum absolute atomic E-state index is 13.4. The molecular formula is C23H29N5O3S. The number of aliphatic hydroxyl groups is 2. The van der Waals surface area contributed by atoms with E-state index in [1.54, 1.807) is 19.4 Å². The minimum atomic E-state index is -1.02. The molecule has 3 aromatic rings. The Bertz CT molecular complexity index is 1130. The number of aromatic nitrogens is 3. The summed E-state index contributed by atoms with van der Waals surface area (Å²) in [7, 11) is 1.62. The fraction of sp³-hybridized carbons (Fsp3) is 0.435. The highest BCUT2D eigenvalue weighted by Crippen LogP contribution is 2.47. The fourth-order valence-corrected chi connectivity index (χ4v) is 5.52. The summed E-state index contributed by atoms with van der Waals surface area (Å²) in [6.07, 6.45) is 2.93. The molecule has 170 valence electrons. The van der Waals surface area contributed by atoms with Crippen LogP contribution in [0.3, 0.4) is 0 Å². The van der Waals surface area contributed by atoms with Crippen LogP contribution in [0.25, 0.3) is 11.1 Å². The maximum Gasteiger partial charge on any atom is 0.260 e. The van der Waals surface area contributed by atoms with Crippen LogP contribution in [0.15, 0.2) is 18.5 Å². The molecule has 0 bridgehead atoms. The number of pyridine rings is 1. The van der Waals surface area contributed by atoms with Gasteiger partial charge in [0.25, 0.3) is 5.91 Å². The number of aryl methyl sites for hydroxylation is 2. The summed E-state index contributed by atoms with van der Waals surface area (Å²) in [5.41, 5.74) is 5.85. The zero-order valence-corrected chi connectivity index (χ0v) is 19.8. The second-order valence-corrected chi connectivity index (χ2v) is 9.80. The number of aromatic amines is 1. The minimum Gasteiger partial charge on any atom is -0.392 e. The van der Waals surface area contributed by atoms with Crippen molar-refractivity contribution < 1.29 is 15.0 Å². The zero-order valence-electron chi connectivity index (χ0n) is 19.0. The lowest BCUT2D eigenvalue weighted by atomic mass is 9.96. The van der Waals surface area contributed by atoms with Crippen LogP contribution in [-0.4, -0.2) is 56.1 Å². The molecule has 3 aromatic heterocycles. The van der Waals surface area contributed by atoms with Gasteiger partial charge in [-0.05, 0) is 31.4 Å². The Kier molecular flexibility index (Phi) is 6.07. The number of fused-ring (bicyclic) bond motifs is 1. The molecule has 4 rings (SSSR count). The quantitative estimate of drug-likeness (QED) is 0.528. The molecule has 0 saturated heterocycles. The highest BCUT2D eigenvalue weighted by Gasteiger charge is 2.39. The van der Waals surface area contributed by atoms with Crippen molar-refractivity contribution in [2.75, 3.05) is 18.5 Å². The Morgan fingerprint density at radius 1 is 1.25 bits per heavy atom. The van der Waals surface area contributed by atoms with Gasteiger partial charge >= 0.3 is 0 Å². The third-order valence-corrected chi connectivity index (χ3v) is 7.06. The van der Waals surface area contributed by atoms with Crippen LogP contribution in [0.2, 0.25) is 0 Å². The molecule has 1 atom stereocenters. The van der Waals surface area contributed by atoms with Gasteiger partial charge in [0.2, 0.25) is 6.35 Å². The predicted molar refractivity (Wildman–Crippen MR) is 125 cm³/mol. The van der Waals surface area contributed by atoms with Crippen molar-refractivity contribution in [2.24, 2.45) is 5.92 Å². The summed E-state index contributed by atoms with van der Waals surface area (Å²) >= 11 is 1.53. The molecule has 32 heavy (non-hydrogen) atoms. The molecule has 1 aliphatic rings. The molecule has 0 radical (unpaired) electrons. The van der Waals surface area contributed by atoms with Crippen LogP contribution in [-0.2, 0) is 13.0 Å². The van der Waals surface area contributed by atoms with Gasteiger partial charge in [-0.25, -0.2) is 0 Å². The Labute approximate surface area is 191 Å². The highest BCUT2D eigenvalue weighted by molar-refractivity contribution is 7.17. The fourth-order valence-electron chi connectivity index (χ4n) is 4.17. The molecule has 0 aromatic carbocycles. The van der Waals surface area contributed by atoms with Gasteiger partial charge in [0.15, 0.2) is 0 Å². The second-order valence-electron chi connectivity index (χ2n) is 8.72. The highest BCUT2D eigenvalue weighted by atomic mass is 32.1. The molecular weight excluding hydrogens is 426 g/mol. The van der Waals surface area contributed by atoms with Crippen LogP contribution in [0.5, 0.6) is 0 Å². The predicted octanol–water partition coefficient (Wildman–Crippen LogP) is 3.06. The van der Waals surface area contributed by atoms with E-state index in [9.17, 15) is 15.0 Å². The van der Waals surface area contributed by atoms with Gasteiger partial charge in [-0.2, -0.15) is 5.10 Å². The lowest BCUT2D eigenvalue weighted by molar-refractivity contribution is 0.0133. The number of nitrogens with zero attached hydrogens (tertiary/aromatic N) is 4. The molecule has 9 heteroatoms. The summed E-state index contributed by atoms with van der Waals surface area (Å²) in [4.78, 5) is 22.0. The van der Waals surface area contributed by atoms with Gasteiger partial charge in [0, 0.05) is 59.7 Å². The third-order valence-electron chi connectivity index (χ3n) is 5.83. The van der Waals surface area contributed by atoms with Crippen LogP contribution >= 0.6 is 11.3 Å². The molecule has 0 aliphatic carbocycles. The minimum absolute atomic E-state index is 0.130. The molecule has 0 spiro atoms. The topological polar surface area (TPSA) is 106 Å². The molecule has 3 N–H and O–H groups in total. The van der Waals surface area contributed by atoms with E-state index in [2.05, 4.69) is 29.0 Å². The zero-order chi connectivity index (χ0) is 23.2. The van der Waals surface area contributed by atoms with Crippen molar-refractivity contribution in [3.8, 4) is 11.1 Å². The number of carbonyl (C=O) groups excluding carboxylic acids is 1. The summed E-state index contributed by atoms with van der Waals surface area (Å²) in [6, 6.07) is 1.87. The van der Waals surface area contributed by atoms with E-state index in [1.807, 2.05) is 24.8 Å². The van der Waals surface area contributed by atoms with Crippen molar-refractivity contribution in [3.05, 3.63) is 51.4 Å². The van der Waals surface area contributed by atoms with Crippen molar-refractivity contribution in [1.29, 1.82) is 0 Å². The molecule has 4 heterocycles. The Morgan fingerprint density at radius 2 is 2.00 bits per heavy atom. The Hall–Kier alpha value is -2.75. The number of thiophene rings is 1. The largest absolute Gasteiger partial charge is 0.392 e. The average molecular weight is 456 g/mol. The number of rotatable bonds is 6. The van der Waals surface area contributed by atoms with E-state index >= 15 is 0 Å². The number of amides is 1. The van der Waals surface area contributed by atoms with Crippen molar-refractivity contribution >= 4 is 22.2 Å². The second kappa shape index (κ2) is 8.65. The summed E-state index contributed by atoms with van der Waals surface area (Å²) in [5, 5.41) is 28.7. The lowest BCUT2D eigenvalue weighted by Crippen LogP contribution is -2.54. The van der Waals surface area contributed by atoms with E-state index in [0.717, 1.165) is 38.0 Å². The van der Waals surface area contributed by atoms with Crippen molar-refractivity contribution in [2.45, 2.75) is 47.1 Å². The molecule has 1 unspecified atom stereocenters. The van der Waals surface area contributed by atoms with Gasteiger partial charge in [0.1, 0.15) is 5.00 Å². The van der Waals surface area contributed by atoms with E-state index in [0.29, 0.717) is 30.0 Å². The maximum atomic E-state index is 13.4. The third kappa shape index (κ3) is 3.80. The number of hydrogen-bond donors (Lipinski definition) is 3. The number of anilines is 1. The number of hydrogen-bond acceptors (Lipinski definition) is 7. The standard InChI is InChI=1S/C23H29N5O3S/c1-12(2)10-28-22-20(21(30)27(5)23(28)31)19(16-6-15(11-29)8-24-9-16)18(32-22)7-17-13(3)25-26-14(17)4/h6,8-9,12,23,29,31H,7,10-11H2,1-5H3,(H,25,26). The summed E-state index contributed by atoms with van der Waals surface area (Å²) < 4.78 is 0. The number of aliphatic hydroxyl groups excluding tert-OH is 2. The smallest absolute Gasteiger partial charge is 0.260 e. The van der Waals surface area contributed by atoms with Gasteiger partial charge < -0.3 is 15.1 Å². The first kappa shape index (κ1) is 22.4. The van der Waals surface area contributed by atoms with E-state index in [4.69, 9.17) is 0 Å². The molecule has 1 aliphatic heterocycles. The monoisotopic (exact) mass is 455 g/mol. The van der Waals surface area contributed by atoms with Gasteiger partial charge in [-0.1, -0.05) is 13.8 Å². The van der Waals surface area contributed by atoms with Crippen molar-refractivity contribution in [3.63, 3.8) is 0 Å². The Balaban J connectivity index is 1.96. The normalized spacial score (nSPS) is 16.2. The molecule has 0 saturated carbocycles. The number of nitrogens with one attached hydrogen (secondary N) is 1. The van der Waals surface area contributed by atoms with E-state index in [-0.39, 0.29) is 12.5 Å². The SMILES string of the molecule is Cc1n[nH]c(C)c1Cc1sc2c(c1-c1cncc(CO)c1)C(=O)N(C)C(O)N2CC(C)C. The Morgan fingerprint density at radius 3 is 2.62 bits per heavy atom. The molecule has 1 amide bonds. The van der Waals surface area contributed by atoms with Gasteiger partial charge in [-0.15, -0.1) is 11.3 Å². The first-order valence-corrected chi connectivity index (χ1v) is 11.5. The first-order valence-electron chi connectivity index (χ1n) is 10.7. The van der Waals surface area contributed by atoms with Crippen LogP contribution in [0, 0.1) is 19.8 Å². The van der Waals surface area contributed by atoms with Gasteiger partial charge in [0.05, 0.1) is 17.9 Å². The van der Waals surface area contributed by atoms with Crippen LogP contribution < -0.4 is 4.90 Å². The van der Waals surface area contributed by atoms with E-state index < -0.39 is 6.35 Å². The van der Waals surface area contributed by atoms with E-state index in [1.165, 1.54) is 16.2 Å². The van der Waals surface area contributed by atoms with Gasteiger partial charge in [-0.3, -0.25) is 19.8 Å². The summed E-state index contributed by atoms with van der Waals surface area (Å²) in [6.45, 7) is 8.62. The van der Waals surface area contributed by atoms with Crippen molar-refractivity contribution in [1.82, 2.24) is 20.1 Å².